The molecule has 3 aromatic carbocycles. The number of hydrogen-bond donors (Lipinski definition) is 1. The van der Waals surface area contributed by atoms with Gasteiger partial charge in [0.2, 0.25) is 0 Å². The van der Waals surface area contributed by atoms with Crippen molar-refractivity contribution >= 4 is 16.5 Å². The van der Waals surface area contributed by atoms with Crippen LogP contribution in [0.4, 0.5) is 0 Å². The lowest BCUT2D eigenvalue weighted by Crippen LogP contribution is -2.03. The fourth-order valence-electron chi connectivity index (χ4n) is 2.35. The molecule has 0 saturated heterocycles. The highest BCUT2D eigenvalue weighted by atomic mass is 16.5. The average Bonchev–Trinajstić information content (AvgIpc) is 2.53. The molecule has 98 valence electrons. The van der Waals surface area contributed by atoms with E-state index in [4.69, 9.17) is 10.1 Å². The second-order valence-electron chi connectivity index (χ2n) is 4.64. The van der Waals surface area contributed by atoms with Gasteiger partial charge in [-0.05, 0) is 29.0 Å². The van der Waals surface area contributed by atoms with E-state index in [1.165, 1.54) is 5.39 Å². The van der Waals surface area contributed by atoms with Crippen molar-refractivity contribution < 1.29 is 4.74 Å². The third-order valence-electron chi connectivity index (χ3n) is 3.41. The van der Waals surface area contributed by atoms with E-state index in [-0.39, 0.29) is 0 Å². The molecule has 3 rings (SSSR count). The van der Waals surface area contributed by atoms with Gasteiger partial charge in [-0.3, -0.25) is 5.41 Å². The van der Waals surface area contributed by atoms with Gasteiger partial charge in [0.1, 0.15) is 5.75 Å². The maximum atomic E-state index is 8.41. The van der Waals surface area contributed by atoms with Gasteiger partial charge >= 0.3 is 0 Å². The van der Waals surface area contributed by atoms with Crippen molar-refractivity contribution in [3.05, 3.63) is 77.9 Å². The van der Waals surface area contributed by atoms with Gasteiger partial charge in [-0.2, -0.15) is 0 Å². The number of para-hydroxylation sites is 1. The Labute approximate surface area is 118 Å². The summed E-state index contributed by atoms with van der Waals surface area (Å²) in [6.45, 7) is 0. The highest BCUT2D eigenvalue weighted by Crippen LogP contribution is 2.23. The van der Waals surface area contributed by atoms with Gasteiger partial charge in [0.05, 0.1) is 12.8 Å². The van der Waals surface area contributed by atoms with Gasteiger partial charge in [0.25, 0.3) is 0 Å². The average molecular weight is 261 g/mol. The number of benzene rings is 3. The molecule has 0 aliphatic rings. The Kier molecular flexibility index (Phi) is 3.21. The molecule has 2 heteroatoms. The van der Waals surface area contributed by atoms with Crippen LogP contribution in [0.5, 0.6) is 5.75 Å². The SMILES string of the molecule is COc1ccccc1C(=N)c1ccc2ccccc2c1. The number of fused-ring (bicyclic) bond motifs is 1. The molecule has 20 heavy (non-hydrogen) atoms. The minimum atomic E-state index is 0.480. The summed E-state index contributed by atoms with van der Waals surface area (Å²) in [5, 5.41) is 10.7. The predicted molar refractivity (Wildman–Crippen MR) is 82.9 cm³/mol. The molecule has 0 spiro atoms. The largest absolute Gasteiger partial charge is 0.496 e. The summed E-state index contributed by atoms with van der Waals surface area (Å²) in [6.07, 6.45) is 0. The maximum Gasteiger partial charge on any atom is 0.128 e. The third-order valence-corrected chi connectivity index (χ3v) is 3.41. The summed E-state index contributed by atoms with van der Waals surface area (Å²) < 4.78 is 5.33. The van der Waals surface area contributed by atoms with Crippen molar-refractivity contribution in [2.75, 3.05) is 7.11 Å². The fourth-order valence-corrected chi connectivity index (χ4v) is 2.35. The second kappa shape index (κ2) is 5.17. The van der Waals surface area contributed by atoms with E-state index in [0.717, 1.165) is 22.3 Å². The summed E-state index contributed by atoms with van der Waals surface area (Å²) in [5.74, 6) is 0.727. The van der Waals surface area contributed by atoms with E-state index in [9.17, 15) is 0 Å². The van der Waals surface area contributed by atoms with Crippen LogP contribution >= 0.6 is 0 Å². The normalized spacial score (nSPS) is 10.4. The Balaban J connectivity index is 2.08. The van der Waals surface area contributed by atoms with Crippen LogP contribution in [0.3, 0.4) is 0 Å². The van der Waals surface area contributed by atoms with E-state index in [2.05, 4.69) is 18.2 Å². The lowest BCUT2D eigenvalue weighted by molar-refractivity contribution is 0.414. The molecule has 0 atom stereocenters. The minimum absolute atomic E-state index is 0.480. The molecule has 0 fully saturated rings. The van der Waals surface area contributed by atoms with Crippen LogP contribution < -0.4 is 4.74 Å². The quantitative estimate of drug-likeness (QED) is 0.702. The van der Waals surface area contributed by atoms with Crippen LogP contribution in [-0.4, -0.2) is 12.8 Å². The summed E-state index contributed by atoms with van der Waals surface area (Å²) in [5.41, 5.74) is 2.19. The molecule has 2 nitrogen and oxygen atoms in total. The van der Waals surface area contributed by atoms with Gasteiger partial charge < -0.3 is 4.74 Å². The van der Waals surface area contributed by atoms with Crippen LogP contribution in [0, 0.1) is 5.41 Å². The van der Waals surface area contributed by atoms with Gasteiger partial charge in [-0.1, -0.05) is 48.5 Å². The van der Waals surface area contributed by atoms with E-state index in [1.807, 2.05) is 48.5 Å². The molecular formula is C18H15NO. The van der Waals surface area contributed by atoms with Crippen LogP contribution in [-0.2, 0) is 0 Å². The van der Waals surface area contributed by atoms with E-state index < -0.39 is 0 Å². The smallest absolute Gasteiger partial charge is 0.128 e. The molecule has 0 heterocycles. The number of rotatable bonds is 3. The topological polar surface area (TPSA) is 33.1 Å². The Morgan fingerprint density at radius 3 is 2.35 bits per heavy atom. The summed E-state index contributed by atoms with van der Waals surface area (Å²) in [7, 11) is 1.63. The van der Waals surface area contributed by atoms with Crippen LogP contribution in [0.2, 0.25) is 0 Å². The summed E-state index contributed by atoms with van der Waals surface area (Å²) in [6, 6.07) is 21.9. The van der Waals surface area contributed by atoms with Gasteiger partial charge in [0, 0.05) is 11.1 Å². The Morgan fingerprint density at radius 2 is 1.55 bits per heavy atom. The van der Waals surface area contributed by atoms with Crippen molar-refractivity contribution in [3.8, 4) is 5.75 Å². The highest BCUT2D eigenvalue weighted by molar-refractivity contribution is 6.13. The first-order valence-electron chi connectivity index (χ1n) is 6.51. The van der Waals surface area contributed by atoms with Crippen molar-refractivity contribution in [2.24, 2.45) is 0 Å². The van der Waals surface area contributed by atoms with Gasteiger partial charge in [0.15, 0.2) is 0 Å². The Hall–Kier alpha value is -2.61. The van der Waals surface area contributed by atoms with Crippen molar-refractivity contribution in [1.29, 1.82) is 5.41 Å². The van der Waals surface area contributed by atoms with Crippen LogP contribution in [0.1, 0.15) is 11.1 Å². The van der Waals surface area contributed by atoms with Gasteiger partial charge in [-0.25, -0.2) is 0 Å². The molecule has 0 saturated carbocycles. The molecule has 0 amide bonds. The highest BCUT2D eigenvalue weighted by Gasteiger charge is 2.10. The fraction of sp³-hybridized carbons (Fsp3) is 0.0556. The molecule has 0 unspecified atom stereocenters. The lowest BCUT2D eigenvalue weighted by Gasteiger charge is -2.10. The molecular weight excluding hydrogens is 246 g/mol. The number of hydrogen-bond acceptors (Lipinski definition) is 2. The molecule has 1 N–H and O–H groups in total. The molecule has 0 radical (unpaired) electrons. The predicted octanol–water partition coefficient (Wildman–Crippen LogP) is 4.26. The number of methoxy groups -OCH3 is 1. The van der Waals surface area contributed by atoms with Gasteiger partial charge in [-0.15, -0.1) is 0 Å². The van der Waals surface area contributed by atoms with Crippen molar-refractivity contribution in [3.63, 3.8) is 0 Å². The number of nitrogens with one attached hydrogen (secondary N) is 1. The zero-order chi connectivity index (χ0) is 13.9. The lowest BCUT2D eigenvalue weighted by atomic mass is 9.99. The Morgan fingerprint density at radius 1 is 0.850 bits per heavy atom. The monoisotopic (exact) mass is 261 g/mol. The standard InChI is InChI=1S/C18H15NO/c1-20-17-9-5-4-8-16(17)18(19)15-11-10-13-6-2-3-7-14(13)12-15/h2-12,19H,1H3. The second-order valence-corrected chi connectivity index (χ2v) is 4.64. The zero-order valence-electron chi connectivity index (χ0n) is 11.3. The first kappa shape index (κ1) is 12.4. The van der Waals surface area contributed by atoms with Crippen molar-refractivity contribution in [1.82, 2.24) is 0 Å². The third kappa shape index (κ3) is 2.16. The Bertz CT molecular complexity index is 777. The van der Waals surface area contributed by atoms with E-state index in [0.29, 0.717) is 5.71 Å². The summed E-state index contributed by atoms with van der Waals surface area (Å²) >= 11 is 0. The van der Waals surface area contributed by atoms with Crippen molar-refractivity contribution in [2.45, 2.75) is 0 Å². The molecule has 0 aliphatic heterocycles. The minimum Gasteiger partial charge on any atom is -0.496 e. The molecule has 0 aromatic heterocycles. The van der Waals surface area contributed by atoms with E-state index in [1.54, 1.807) is 7.11 Å². The first-order valence-corrected chi connectivity index (χ1v) is 6.51. The van der Waals surface area contributed by atoms with Crippen LogP contribution in [0.25, 0.3) is 10.8 Å². The zero-order valence-corrected chi connectivity index (χ0v) is 11.3. The molecule has 0 aliphatic carbocycles. The summed E-state index contributed by atoms with van der Waals surface area (Å²) in [4.78, 5) is 0. The maximum absolute atomic E-state index is 8.41. The molecule has 3 aromatic rings. The molecule has 0 bridgehead atoms. The van der Waals surface area contributed by atoms with E-state index >= 15 is 0 Å². The first-order chi connectivity index (χ1) is 9.79. The van der Waals surface area contributed by atoms with Crippen LogP contribution in [0.15, 0.2) is 66.7 Å². The number of ether oxygens (including phenoxy) is 1.